The van der Waals surface area contributed by atoms with Gasteiger partial charge in [0, 0.05) is 9.58 Å². The van der Waals surface area contributed by atoms with Gasteiger partial charge in [-0.3, -0.25) is 0 Å². The average molecular weight is 368 g/mol. The summed E-state index contributed by atoms with van der Waals surface area (Å²) in [5.74, 6) is -19.3. The Labute approximate surface area is 136 Å². The van der Waals surface area contributed by atoms with Gasteiger partial charge in [-0.1, -0.05) is 24.8 Å². The first-order chi connectivity index (χ1) is 11.0. The summed E-state index contributed by atoms with van der Waals surface area (Å²) in [6.07, 6.45) is -2.20. The van der Waals surface area contributed by atoms with E-state index in [9.17, 15) is 30.7 Å². The van der Waals surface area contributed by atoms with E-state index in [-0.39, 0.29) is 10.3 Å². The maximum absolute atomic E-state index is 14.1. The molecule has 2 atom stereocenters. The number of fused-ring (bicyclic) bond motifs is 1. The van der Waals surface area contributed by atoms with Crippen LogP contribution in [0, 0.1) is 6.92 Å². The van der Waals surface area contributed by atoms with E-state index in [2.05, 4.69) is 6.58 Å². The lowest BCUT2D eigenvalue weighted by molar-refractivity contribution is -0.278. The molecule has 0 N–H and O–H groups in total. The van der Waals surface area contributed by atoms with Gasteiger partial charge in [0.05, 0.1) is 5.92 Å². The second-order valence-electron chi connectivity index (χ2n) is 5.73. The molecule has 1 aliphatic carbocycles. The zero-order chi connectivity index (χ0) is 18.1. The summed E-state index contributed by atoms with van der Waals surface area (Å²) in [5, 5.41) is 0.0731. The van der Waals surface area contributed by atoms with Gasteiger partial charge in [-0.25, -0.2) is 4.39 Å². The lowest BCUT2D eigenvalue weighted by atomic mass is 9.90. The van der Waals surface area contributed by atoms with Crippen LogP contribution >= 0.6 is 11.3 Å². The third-order valence-electron chi connectivity index (χ3n) is 4.35. The van der Waals surface area contributed by atoms with E-state index < -0.39 is 35.4 Å². The molecule has 1 aliphatic rings. The molecule has 1 saturated carbocycles. The van der Waals surface area contributed by atoms with Crippen LogP contribution in [0.15, 0.2) is 24.8 Å². The smallest absolute Gasteiger partial charge is 0.240 e. The van der Waals surface area contributed by atoms with Crippen molar-refractivity contribution in [2.75, 3.05) is 0 Å². The lowest BCUT2D eigenvalue weighted by Gasteiger charge is -2.24. The van der Waals surface area contributed by atoms with Gasteiger partial charge in [0.15, 0.2) is 6.17 Å². The van der Waals surface area contributed by atoms with Crippen LogP contribution in [-0.4, -0.2) is 23.9 Å². The highest BCUT2D eigenvalue weighted by Crippen LogP contribution is 2.64. The predicted molar refractivity (Wildman–Crippen MR) is 79.1 cm³/mol. The molecule has 1 aromatic carbocycles. The SMILES string of the molecule is C=Cc1ccc2c(C3C(F)C(F)(F)C(F)(F)C3(F)F)c(C)sc2c1. The summed E-state index contributed by atoms with van der Waals surface area (Å²) < 4.78 is 96.6. The highest BCUT2D eigenvalue weighted by Gasteiger charge is 2.86. The first kappa shape index (κ1) is 17.3. The highest BCUT2D eigenvalue weighted by atomic mass is 32.1. The minimum absolute atomic E-state index is 0.0731. The maximum atomic E-state index is 14.1. The van der Waals surface area contributed by atoms with Crippen LogP contribution in [0.25, 0.3) is 16.2 Å². The Hall–Kier alpha value is -1.57. The largest absolute Gasteiger partial charge is 0.375 e. The summed E-state index contributed by atoms with van der Waals surface area (Å²) in [6, 6.07) is 4.37. The van der Waals surface area contributed by atoms with Crippen molar-refractivity contribution in [3.8, 4) is 0 Å². The van der Waals surface area contributed by atoms with Crippen LogP contribution in [0.4, 0.5) is 30.7 Å². The zero-order valence-electron chi connectivity index (χ0n) is 12.2. The fourth-order valence-corrected chi connectivity index (χ4v) is 4.24. The Morgan fingerprint density at radius 1 is 1.08 bits per heavy atom. The molecule has 0 radical (unpaired) electrons. The lowest BCUT2D eigenvalue weighted by Crippen LogP contribution is -2.48. The molecule has 1 fully saturated rings. The Morgan fingerprint density at radius 3 is 2.21 bits per heavy atom. The number of rotatable bonds is 2. The van der Waals surface area contributed by atoms with Crippen molar-refractivity contribution in [2.24, 2.45) is 0 Å². The fourth-order valence-electron chi connectivity index (χ4n) is 3.08. The van der Waals surface area contributed by atoms with Crippen LogP contribution in [0.5, 0.6) is 0 Å². The van der Waals surface area contributed by atoms with E-state index in [0.29, 0.717) is 10.3 Å². The molecule has 24 heavy (non-hydrogen) atoms. The third-order valence-corrected chi connectivity index (χ3v) is 5.44. The van der Waals surface area contributed by atoms with Gasteiger partial charge in [-0.2, -0.15) is 26.3 Å². The van der Waals surface area contributed by atoms with Gasteiger partial charge in [-0.05, 0) is 29.5 Å². The van der Waals surface area contributed by atoms with Crippen molar-refractivity contribution in [3.63, 3.8) is 0 Å². The van der Waals surface area contributed by atoms with E-state index in [0.717, 1.165) is 11.3 Å². The van der Waals surface area contributed by atoms with Crippen molar-refractivity contribution in [3.05, 3.63) is 40.8 Å². The van der Waals surface area contributed by atoms with E-state index >= 15 is 0 Å². The number of alkyl halides is 7. The van der Waals surface area contributed by atoms with Crippen LogP contribution in [0.2, 0.25) is 0 Å². The monoisotopic (exact) mass is 368 g/mol. The van der Waals surface area contributed by atoms with Crippen LogP contribution in [-0.2, 0) is 0 Å². The van der Waals surface area contributed by atoms with E-state index in [1.807, 2.05) is 0 Å². The first-order valence-corrected chi connectivity index (χ1v) is 7.71. The second kappa shape index (κ2) is 4.97. The van der Waals surface area contributed by atoms with Crippen molar-refractivity contribution < 1.29 is 30.7 Å². The third kappa shape index (κ3) is 1.92. The Morgan fingerprint density at radius 2 is 1.71 bits per heavy atom. The van der Waals surface area contributed by atoms with Crippen LogP contribution in [0.1, 0.15) is 21.9 Å². The second-order valence-corrected chi connectivity index (χ2v) is 6.99. The van der Waals surface area contributed by atoms with Crippen molar-refractivity contribution in [2.45, 2.75) is 36.8 Å². The molecule has 0 spiro atoms. The Balaban J connectivity index is 2.27. The molecular weight excluding hydrogens is 357 g/mol. The molecule has 1 heterocycles. The van der Waals surface area contributed by atoms with Gasteiger partial charge >= 0.3 is 17.8 Å². The number of aryl methyl sites for hydroxylation is 1. The molecule has 1 aromatic heterocycles. The molecule has 3 rings (SSSR count). The van der Waals surface area contributed by atoms with Gasteiger partial charge < -0.3 is 0 Å². The summed E-state index contributed by atoms with van der Waals surface area (Å²) in [4.78, 5) is 0.104. The van der Waals surface area contributed by atoms with E-state index in [1.54, 1.807) is 6.07 Å². The number of halogens is 7. The van der Waals surface area contributed by atoms with Gasteiger partial charge in [0.2, 0.25) is 0 Å². The highest BCUT2D eigenvalue weighted by molar-refractivity contribution is 7.19. The topological polar surface area (TPSA) is 0 Å². The van der Waals surface area contributed by atoms with Crippen molar-refractivity contribution in [1.82, 2.24) is 0 Å². The average Bonchev–Trinajstić information content (AvgIpc) is 2.85. The molecule has 0 saturated heterocycles. The van der Waals surface area contributed by atoms with E-state index in [1.165, 1.54) is 25.1 Å². The quantitative estimate of drug-likeness (QED) is 0.554. The van der Waals surface area contributed by atoms with Crippen LogP contribution in [0.3, 0.4) is 0 Å². The molecule has 130 valence electrons. The minimum atomic E-state index is -5.76. The molecular formula is C16H11F7S. The molecule has 2 aromatic rings. The Bertz CT molecular complexity index is 821. The molecule has 0 aliphatic heterocycles. The number of benzene rings is 1. The molecule has 0 bridgehead atoms. The number of hydrogen-bond donors (Lipinski definition) is 0. The summed E-state index contributed by atoms with van der Waals surface area (Å²) >= 11 is 0.961. The van der Waals surface area contributed by atoms with Gasteiger partial charge in [0.1, 0.15) is 0 Å². The van der Waals surface area contributed by atoms with E-state index in [4.69, 9.17) is 0 Å². The molecule has 2 unspecified atom stereocenters. The minimum Gasteiger partial charge on any atom is -0.240 e. The number of thiophene rings is 1. The van der Waals surface area contributed by atoms with Crippen LogP contribution < -0.4 is 0 Å². The van der Waals surface area contributed by atoms with Gasteiger partial charge in [-0.15, -0.1) is 11.3 Å². The summed E-state index contributed by atoms with van der Waals surface area (Å²) in [7, 11) is 0. The summed E-state index contributed by atoms with van der Waals surface area (Å²) in [5.41, 5.74) is 0.154. The summed E-state index contributed by atoms with van der Waals surface area (Å²) in [6.45, 7) is 4.87. The zero-order valence-corrected chi connectivity index (χ0v) is 13.0. The molecule has 0 nitrogen and oxygen atoms in total. The first-order valence-electron chi connectivity index (χ1n) is 6.89. The van der Waals surface area contributed by atoms with Crippen molar-refractivity contribution >= 4 is 27.5 Å². The Kier molecular flexibility index (Phi) is 3.57. The standard InChI is InChI=1S/C16H11F7S/c1-3-8-4-5-9-10(6-8)24-7(2)11(9)12-13(17)15(20,21)16(22,23)14(12,18)19/h3-6,12-13H,1H2,2H3. The number of hydrogen-bond acceptors (Lipinski definition) is 1. The van der Waals surface area contributed by atoms with Crippen molar-refractivity contribution in [1.29, 1.82) is 0 Å². The maximum Gasteiger partial charge on any atom is 0.375 e. The normalized spacial score (nSPS) is 27.5. The van der Waals surface area contributed by atoms with Gasteiger partial charge in [0.25, 0.3) is 0 Å². The fraction of sp³-hybridized carbons (Fsp3) is 0.375. The molecule has 8 heteroatoms. The molecule has 0 amide bonds. The predicted octanol–water partition coefficient (Wildman–Crippen LogP) is 6.19.